The smallest absolute Gasteiger partial charge is 0.270 e. The second kappa shape index (κ2) is 5.63. The Hall–Kier alpha value is -1.90. The maximum atomic E-state index is 12.9. The highest BCUT2D eigenvalue weighted by Crippen LogP contribution is 2.34. The fourth-order valence-electron chi connectivity index (χ4n) is 2.82. The van der Waals surface area contributed by atoms with E-state index < -0.39 is 14.9 Å². The van der Waals surface area contributed by atoms with Gasteiger partial charge in [0.2, 0.25) is 10.0 Å². The Bertz CT molecular complexity index is 878. The van der Waals surface area contributed by atoms with Gasteiger partial charge in [0.15, 0.2) is 0 Å². The minimum absolute atomic E-state index is 0.0243. The second-order valence-corrected chi connectivity index (χ2v) is 7.56. The fourth-order valence-corrected chi connectivity index (χ4v) is 4.91. The van der Waals surface area contributed by atoms with Crippen molar-refractivity contribution in [3.05, 3.63) is 57.4 Å². The molecule has 23 heavy (non-hydrogen) atoms. The van der Waals surface area contributed by atoms with Crippen LogP contribution in [0.15, 0.2) is 41.4 Å². The zero-order chi connectivity index (χ0) is 16.8. The third-order valence-corrected chi connectivity index (χ3v) is 6.45. The number of sulfonamides is 1. The van der Waals surface area contributed by atoms with Crippen LogP contribution < -0.4 is 0 Å². The van der Waals surface area contributed by atoms with Crippen LogP contribution in [0.3, 0.4) is 0 Å². The van der Waals surface area contributed by atoms with E-state index >= 15 is 0 Å². The third-order valence-electron chi connectivity index (χ3n) is 4.00. The first-order chi connectivity index (χ1) is 10.8. The number of benzene rings is 1. The molecule has 0 saturated heterocycles. The third kappa shape index (κ3) is 2.62. The summed E-state index contributed by atoms with van der Waals surface area (Å²) >= 11 is 6.00. The maximum Gasteiger partial charge on any atom is 0.270 e. The summed E-state index contributed by atoms with van der Waals surface area (Å²) in [4.78, 5) is 10.0. The second-order valence-electron chi connectivity index (χ2n) is 5.29. The molecule has 9 heteroatoms. The minimum Gasteiger partial charge on any atom is -0.349 e. The molecule has 0 fully saturated rings. The highest BCUT2D eigenvalue weighted by molar-refractivity contribution is 7.89. The van der Waals surface area contributed by atoms with E-state index in [0.29, 0.717) is 6.54 Å². The summed E-state index contributed by atoms with van der Waals surface area (Å²) in [5.41, 5.74) is 0.572. The van der Waals surface area contributed by atoms with Gasteiger partial charge in [-0.05, 0) is 25.1 Å². The molecule has 7 nitrogen and oxygen atoms in total. The van der Waals surface area contributed by atoms with Gasteiger partial charge in [0, 0.05) is 37.1 Å². The van der Waals surface area contributed by atoms with E-state index in [-0.39, 0.29) is 28.2 Å². The highest BCUT2D eigenvalue weighted by atomic mass is 35.5. The molecule has 1 aromatic carbocycles. The van der Waals surface area contributed by atoms with Gasteiger partial charge in [-0.25, -0.2) is 8.42 Å². The topological polar surface area (TPSA) is 85.5 Å². The zero-order valence-corrected chi connectivity index (χ0v) is 13.8. The molecule has 0 bridgehead atoms. The molecule has 0 radical (unpaired) electrons. The molecule has 3 rings (SSSR count). The van der Waals surface area contributed by atoms with Gasteiger partial charge in [0.25, 0.3) is 5.69 Å². The number of nitrogens with zero attached hydrogens (tertiary/aromatic N) is 3. The van der Waals surface area contributed by atoms with Crippen molar-refractivity contribution in [3.63, 3.8) is 0 Å². The van der Waals surface area contributed by atoms with E-state index in [1.807, 2.05) is 22.9 Å². The van der Waals surface area contributed by atoms with Crippen LogP contribution in [0.1, 0.15) is 18.7 Å². The molecule has 0 aliphatic carbocycles. The van der Waals surface area contributed by atoms with Crippen molar-refractivity contribution in [1.82, 2.24) is 8.87 Å². The fraction of sp³-hybridized carbons (Fsp3) is 0.286. The van der Waals surface area contributed by atoms with Gasteiger partial charge in [-0.2, -0.15) is 4.31 Å². The number of fused-ring (bicyclic) bond motifs is 1. The molecular formula is C14H14ClN3O4S. The average molecular weight is 356 g/mol. The first-order valence-corrected chi connectivity index (χ1v) is 8.75. The van der Waals surface area contributed by atoms with Crippen molar-refractivity contribution in [1.29, 1.82) is 0 Å². The largest absolute Gasteiger partial charge is 0.349 e. The van der Waals surface area contributed by atoms with E-state index in [1.165, 1.54) is 16.4 Å². The molecule has 0 N–H and O–H groups in total. The summed E-state index contributed by atoms with van der Waals surface area (Å²) in [7, 11) is -3.93. The molecular weight excluding hydrogens is 342 g/mol. The van der Waals surface area contributed by atoms with Crippen LogP contribution in [-0.2, 0) is 16.6 Å². The van der Waals surface area contributed by atoms with Crippen LogP contribution in [0, 0.1) is 10.1 Å². The number of nitro groups is 1. The van der Waals surface area contributed by atoms with Gasteiger partial charge >= 0.3 is 0 Å². The Labute approximate surface area is 138 Å². The average Bonchev–Trinajstić information content (AvgIpc) is 2.96. The Kier molecular flexibility index (Phi) is 3.91. The molecule has 2 heterocycles. The van der Waals surface area contributed by atoms with Gasteiger partial charge in [-0.1, -0.05) is 11.6 Å². The van der Waals surface area contributed by atoms with Crippen LogP contribution in [0.4, 0.5) is 5.69 Å². The first kappa shape index (κ1) is 16.0. The lowest BCUT2D eigenvalue weighted by atomic mass is 10.2. The van der Waals surface area contributed by atoms with Gasteiger partial charge in [0.1, 0.15) is 4.90 Å². The molecule has 1 aromatic heterocycles. The summed E-state index contributed by atoms with van der Waals surface area (Å²) in [6.45, 7) is 2.59. The minimum atomic E-state index is -3.93. The molecule has 2 aromatic rings. The van der Waals surface area contributed by atoms with Crippen LogP contribution in [0.25, 0.3) is 0 Å². The molecule has 122 valence electrons. The Morgan fingerprint density at radius 2 is 2.04 bits per heavy atom. The van der Waals surface area contributed by atoms with Crippen molar-refractivity contribution >= 4 is 27.3 Å². The van der Waals surface area contributed by atoms with E-state index in [1.54, 1.807) is 6.92 Å². The monoisotopic (exact) mass is 355 g/mol. The van der Waals surface area contributed by atoms with Gasteiger partial charge in [-0.3, -0.25) is 10.1 Å². The lowest BCUT2D eigenvalue weighted by molar-refractivity contribution is -0.385. The summed E-state index contributed by atoms with van der Waals surface area (Å²) in [5.74, 6) is 0. The summed E-state index contributed by atoms with van der Waals surface area (Å²) in [5, 5.41) is 10.9. The number of hydrogen-bond acceptors (Lipinski definition) is 4. The quantitative estimate of drug-likeness (QED) is 0.625. The van der Waals surface area contributed by atoms with Crippen molar-refractivity contribution in [2.24, 2.45) is 0 Å². The predicted molar refractivity (Wildman–Crippen MR) is 84.8 cm³/mol. The van der Waals surface area contributed by atoms with E-state index in [2.05, 4.69) is 0 Å². The molecule has 1 atom stereocenters. The first-order valence-electron chi connectivity index (χ1n) is 6.93. The molecule has 1 aliphatic rings. The molecule has 0 saturated carbocycles. The van der Waals surface area contributed by atoms with Gasteiger partial charge < -0.3 is 4.57 Å². The number of aromatic nitrogens is 1. The lowest BCUT2D eigenvalue weighted by Crippen LogP contribution is -2.40. The van der Waals surface area contributed by atoms with Gasteiger partial charge in [-0.15, -0.1) is 0 Å². The van der Waals surface area contributed by atoms with E-state index in [4.69, 9.17) is 11.6 Å². The van der Waals surface area contributed by atoms with Gasteiger partial charge in [0.05, 0.1) is 16.0 Å². The SMILES string of the molecule is C[C@@H]1c2cccn2CCN1S(=O)(=O)c1cc([N+](=O)[O-])ccc1Cl. The summed E-state index contributed by atoms with van der Waals surface area (Å²) in [6.07, 6.45) is 1.90. The van der Waals surface area contributed by atoms with Crippen LogP contribution in [-0.4, -0.2) is 28.8 Å². The van der Waals surface area contributed by atoms with Crippen molar-refractivity contribution in [2.45, 2.75) is 24.4 Å². The predicted octanol–water partition coefficient (Wildman–Crippen LogP) is 2.82. The van der Waals surface area contributed by atoms with E-state index in [9.17, 15) is 18.5 Å². The van der Waals surface area contributed by atoms with E-state index in [0.717, 1.165) is 11.8 Å². The Morgan fingerprint density at radius 1 is 1.30 bits per heavy atom. The standard InChI is InChI=1S/C14H14ClN3O4S/c1-10-13-3-2-6-16(13)7-8-17(10)23(21,22)14-9-11(18(19)20)4-5-12(14)15/h2-6,9-10H,7-8H2,1H3/t10-/m1/s1. The number of rotatable bonds is 3. The summed E-state index contributed by atoms with van der Waals surface area (Å²) < 4.78 is 29.2. The Balaban J connectivity index is 2.06. The van der Waals surface area contributed by atoms with Crippen molar-refractivity contribution in [2.75, 3.05) is 6.54 Å². The van der Waals surface area contributed by atoms with Crippen molar-refractivity contribution < 1.29 is 13.3 Å². The number of hydrogen-bond donors (Lipinski definition) is 0. The molecule has 0 unspecified atom stereocenters. The molecule has 0 amide bonds. The zero-order valence-electron chi connectivity index (χ0n) is 12.2. The summed E-state index contributed by atoms with van der Waals surface area (Å²) in [6, 6.07) is 6.79. The lowest BCUT2D eigenvalue weighted by Gasteiger charge is -2.34. The molecule has 0 spiro atoms. The number of non-ortho nitro benzene ring substituents is 1. The number of halogens is 1. The molecule has 1 aliphatic heterocycles. The normalized spacial score (nSPS) is 18.6. The van der Waals surface area contributed by atoms with Crippen LogP contribution in [0.5, 0.6) is 0 Å². The van der Waals surface area contributed by atoms with Crippen LogP contribution in [0.2, 0.25) is 5.02 Å². The highest BCUT2D eigenvalue weighted by Gasteiger charge is 2.35. The Morgan fingerprint density at radius 3 is 2.74 bits per heavy atom. The van der Waals surface area contributed by atoms with Crippen molar-refractivity contribution in [3.8, 4) is 0 Å². The van der Waals surface area contributed by atoms with Crippen LogP contribution >= 0.6 is 11.6 Å². The number of nitro benzene ring substituents is 1. The maximum absolute atomic E-state index is 12.9.